The van der Waals surface area contributed by atoms with Gasteiger partial charge in [0.05, 0.1) is 5.02 Å². The summed E-state index contributed by atoms with van der Waals surface area (Å²) >= 11 is 5.80. The van der Waals surface area contributed by atoms with Crippen molar-refractivity contribution in [3.8, 4) is 0 Å². The molecule has 0 amide bonds. The molecule has 112 valence electrons. The molecule has 2 aromatic carbocycles. The molecule has 0 radical (unpaired) electrons. The van der Waals surface area contributed by atoms with E-state index < -0.39 is 27.3 Å². The summed E-state index contributed by atoms with van der Waals surface area (Å²) in [5.41, 5.74) is 5.01. The van der Waals surface area contributed by atoms with Gasteiger partial charge in [-0.05, 0) is 36.8 Å². The standard InChI is InChI=1S/C13H11ClF2N2O2S/c1-7-2-5-10(15)13(12(7)16)18-21(19,20)11-6-8(17)3-4-9(11)14/h2-6,18H,17H2,1H3. The molecule has 2 rings (SSSR count). The summed E-state index contributed by atoms with van der Waals surface area (Å²) in [7, 11) is -4.27. The van der Waals surface area contributed by atoms with Crippen molar-refractivity contribution in [3.05, 3.63) is 52.6 Å². The minimum atomic E-state index is -4.27. The van der Waals surface area contributed by atoms with E-state index in [9.17, 15) is 17.2 Å². The van der Waals surface area contributed by atoms with Gasteiger partial charge in [0.15, 0.2) is 5.82 Å². The molecule has 0 aliphatic carbocycles. The predicted octanol–water partition coefficient (Wildman–Crippen LogP) is 3.31. The van der Waals surface area contributed by atoms with Gasteiger partial charge < -0.3 is 5.73 Å². The Bertz CT molecular complexity index is 810. The molecule has 0 aliphatic rings. The van der Waals surface area contributed by atoms with Crippen molar-refractivity contribution in [2.75, 3.05) is 10.5 Å². The van der Waals surface area contributed by atoms with Gasteiger partial charge in [0, 0.05) is 5.69 Å². The lowest BCUT2D eigenvalue weighted by molar-refractivity contribution is 0.579. The topological polar surface area (TPSA) is 72.2 Å². The van der Waals surface area contributed by atoms with Crippen LogP contribution >= 0.6 is 11.6 Å². The summed E-state index contributed by atoms with van der Waals surface area (Å²) in [4.78, 5) is -0.357. The Labute approximate surface area is 125 Å². The molecule has 0 bridgehead atoms. The Kier molecular flexibility index (Phi) is 4.06. The van der Waals surface area contributed by atoms with Crippen LogP contribution in [0.25, 0.3) is 0 Å². The van der Waals surface area contributed by atoms with Crippen LogP contribution in [0.4, 0.5) is 20.2 Å². The number of hydrogen-bond donors (Lipinski definition) is 2. The highest BCUT2D eigenvalue weighted by molar-refractivity contribution is 7.92. The van der Waals surface area contributed by atoms with Crippen LogP contribution in [-0.4, -0.2) is 8.42 Å². The lowest BCUT2D eigenvalue weighted by Gasteiger charge is -2.12. The molecule has 8 heteroatoms. The number of halogens is 3. The molecule has 3 N–H and O–H groups in total. The monoisotopic (exact) mass is 332 g/mol. The largest absolute Gasteiger partial charge is 0.399 e. The van der Waals surface area contributed by atoms with E-state index in [-0.39, 0.29) is 21.2 Å². The highest BCUT2D eigenvalue weighted by Crippen LogP contribution is 2.28. The van der Waals surface area contributed by atoms with Crippen LogP contribution in [0.5, 0.6) is 0 Å². The fourth-order valence-corrected chi connectivity index (χ4v) is 3.27. The van der Waals surface area contributed by atoms with Crippen molar-refractivity contribution in [2.45, 2.75) is 11.8 Å². The maximum absolute atomic E-state index is 13.9. The molecule has 2 aromatic rings. The summed E-state index contributed by atoms with van der Waals surface area (Å²) in [5.74, 6) is -2.01. The molecule has 0 heterocycles. The number of rotatable bonds is 3. The lowest BCUT2D eigenvalue weighted by atomic mass is 10.2. The summed E-state index contributed by atoms with van der Waals surface area (Å²) in [6.07, 6.45) is 0. The molecule has 4 nitrogen and oxygen atoms in total. The van der Waals surface area contributed by atoms with E-state index in [2.05, 4.69) is 0 Å². The Balaban J connectivity index is 2.53. The Morgan fingerprint density at radius 3 is 2.52 bits per heavy atom. The third kappa shape index (κ3) is 3.08. The van der Waals surface area contributed by atoms with Crippen LogP contribution in [0.3, 0.4) is 0 Å². The van der Waals surface area contributed by atoms with Gasteiger partial charge in [0.25, 0.3) is 10.0 Å². The van der Waals surface area contributed by atoms with Crippen LogP contribution in [0.2, 0.25) is 5.02 Å². The average Bonchev–Trinajstić information content (AvgIpc) is 2.42. The summed E-state index contributed by atoms with van der Waals surface area (Å²) in [5, 5.41) is -0.106. The second-order valence-electron chi connectivity index (χ2n) is 4.35. The molecular formula is C13H11ClF2N2O2S. The van der Waals surface area contributed by atoms with Gasteiger partial charge in [-0.3, -0.25) is 4.72 Å². The SMILES string of the molecule is Cc1ccc(F)c(NS(=O)(=O)c2cc(N)ccc2Cl)c1F. The third-order valence-electron chi connectivity index (χ3n) is 2.77. The van der Waals surface area contributed by atoms with E-state index >= 15 is 0 Å². The first kappa shape index (κ1) is 15.5. The van der Waals surface area contributed by atoms with Crippen LogP contribution in [0, 0.1) is 18.6 Å². The quantitative estimate of drug-likeness (QED) is 0.847. The zero-order valence-corrected chi connectivity index (χ0v) is 12.4. The van der Waals surface area contributed by atoms with Gasteiger partial charge in [-0.25, -0.2) is 17.2 Å². The maximum Gasteiger partial charge on any atom is 0.263 e. The van der Waals surface area contributed by atoms with Crippen LogP contribution < -0.4 is 10.5 Å². The summed E-state index contributed by atoms with van der Waals surface area (Å²) in [6.45, 7) is 1.39. The van der Waals surface area contributed by atoms with Crippen molar-refractivity contribution in [2.24, 2.45) is 0 Å². The Morgan fingerprint density at radius 1 is 1.19 bits per heavy atom. The number of hydrogen-bond acceptors (Lipinski definition) is 3. The van der Waals surface area contributed by atoms with Crippen molar-refractivity contribution in [1.82, 2.24) is 0 Å². The van der Waals surface area contributed by atoms with Gasteiger partial charge in [-0.1, -0.05) is 17.7 Å². The number of benzene rings is 2. The van der Waals surface area contributed by atoms with Crippen LogP contribution in [0.15, 0.2) is 35.2 Å². The number of nitrogens with two attached hydrogens (primary N) is 1. The van der Waals surface area contributed by atoms with E-state index in [1.54, 1.807) is 0 Å². The number of sulfonamides is 1. The lowest BCUT2D eigenvalue weighted by Crippen LogP contribution is -2.16. The predicted molar refractivity (Wildman–Crippen MR) is 77.8 cm³/mol. The van der Waals surface area contributed by atoms with Gasteiger partial charge in [0.1, 0.15) is 16.4 Å². The zero-order valence-electron chi connectivity index (χ0n) is 10.8. The molecular weight excluding hydrogens is 322 g/mol. The molecule has 0 fully saturated rings. The number of aryl methyl sites for hydroxylation is 1. The van der Waals surface area contributed by atoms with Gasteiger partial charge in [-0.15, -0.1) is 0 Å². The van der Waals surface area contributed by atoms with Gasteiger partial charge in [0.2, 0.25) is 0 Å². The second kappa shape index (κ2) is 5.50. The highest BCUT2D eigenvalue weighted by atomic mass is 35.5. The van der Waals surface area contributed by atoms with Crippen molar-refractivity contribution < 1.29 is 17.2 Å². The second-order valence-corrected chi connectivity index (χ2v) is 6.41. The zero-order chi connectivity index (χ0) is 15.8. The number of nitrogen functional groups attached to an aromatic ring is 1. The highest BCUT2D eigenvalue weighted by Gasteiger charge is 2.22. The first-order chi connectivity index (χ1) is 9.72. The molecule has 0 saturated carbocycles. The molecule has 0 atom stereocenters. The molecule has 0 aromatic heterocycles. The molecule has 0 saturated heterocycles. The van der Waals surface area contributed by atoms with Crippen LogP contribution in [0.1, 0.15) is 5.56 Å². The Hall–Kier alpha value is -1.86. The van der Waals surface area contributed by atoms with Crippen molar-refractivity contribution in [3.63, 3.8) is 0 Å². The smallest absolute Gasteiger partial charge is 0.263 e. The van der Waals surface area contributed by atoms with Gasteiger partial charge in [-0.2, -0.15) is 0 Å². The van der Waals surface area contributed by atoms with E-state index in [0.717, 1.165) is 12.1 Å². The van der Waals surface area contributed by atoms with E-state index in [0.29, 0.717) is 0 Å². The van der Waals surface area contributed by atoms with Crippen molar-refractivity contribution >= 4 is 33.0 Å². The number of nitrogens with one attached hydrogen (secondary N) is 1. The first-order valence-electron chi connectivity index (χ1n) is 5.75. The van der Waals surface area contributed by atoms with Crippen molar-refractivity contribution in [1.29, 1.82) is 0 Å². The summed E-state index contributed by atoms with van der Waals surface area (Å²) < 4.78 is 53.8. The molecule has 0 spiro atoms. The number of anilines is 2. The summed E-state index contributed by atoms with van der Waals surface area (Å²) in [6, 6.07) is 5.98. The first-order valence-corrected chi connectivity index (χ1v) is 7.61. The van der Waals surface area contributed by atoms with E-state index in [1.807, 2.05) is 4.72 Å². The third-order valence-corrected chi connectivity index (χ3v) is 4.60. The average molecular weight is 333 g/mol. The normalized spacial score (nSPS) is 11.4. The minimum Gasteiger partial charge on any atom is -0.399 e. The van der Waals surface area contributed by atoms with E-state index in [1.165, 1.54) is 25.1 Å². The molecule has 0 unspecified atom stereocenters. The molecule has 0 aliphatic heterocycles. The molecule has 21 heavy (non-hydrogen) atoms. The minimum absolute atomic E-state index is 0.104. The Morgan fingerprint density at radius 2 is 1.86 bits per heavy atom. The van der Waals surface area contributed by atoms with E-state index in [4.69, 9.17) is 17.3 Å². The maximum atomic E-state index is 13.9. The fourth-order valence-electron chi connectivity index (χ4n) is 1.67. The van der Waals surface area contributed by atoms with Gasteiger partial charge >= 0.3 is 0 Å². The van der Waals surface area contributed by atoms with Crippen LogP contribution in [-0.2, 0) is 10.0 Å². The fraction of sp³-hybridized carbons (Fsp3) is 0.0769.